The Morgan fingerprint density at radius 2 is 1.50 bits per heavy atom. The molecule has 0 atom stereocenters. The molecule has 1 saturated heterocycles. The van der Waals surface area contributed by atoms with Crippen LogP contribution in [0.5, 0.6) is 0 Å². The topological polar surface area (TPSA) is 84.9 Å². The zero-order valence-electron chi connectivity index (χ0n) is 17.4. The first-order valence-corrected chi connectivity index (χ1v) is 9.28. The number of likely N-dealkylation sites (tertiary alicyclic amines) is 1. The number of ether oxygens (including phenoxy) is 2. The Balaban J connectivity index is 0.000000481. The predicted molar refractivity (Wildman–Crippen MR) is 101 cm³/mol. The van der Waals surface area contributed by atoms with Crippen LogP contribution in [0, 0.1) is 5.41 Å². The highest BCUT2D eigenvalue weighted by Gasteiger charge is 2.23. The van der Waals surface area contributed by atoms with Crippen LogP contribution in [0.1, 0.15) is 67.7 Å². The Morgan fingerprint density at radius 3 is 1.92 bits per heavy atom. The predicted octanol–water partition coefficient (Wildman–Crippen LogP) is 3.12. The number of carbonyl (C=O) groups is 3. The standard InChI is InChI=1S/C10H19NO2.C9H17NO3/c1-10(2,3)13-9(12)11-7-5-4-6-8-11;1-5-13-7(11)6-10-8(12)9(2,3)4/h4-8H2,1-3H3;5-6H2,1-4H3,(H,10,12). The number of nitrogens with zero attached hydrogens (tertiary/aromatic N) is 1. The van der Waals surface area contributed by atoms with Gasteiger partial charge in [0.15, 0.2) is 0 Å². The molecule has 1 fully saturated rings. The SMILES string of the molecule is CC(C)(C)OC(=O)N1CCCCC1.CCOC(=O)CNC(=O)C(C)(C)C. The molecule has 0 saturated carbocycles. The molecule has 7 nitrogen and oxygen atoms in total. The summed E-state index contributed by atoms with van der Waals surface area (Å²) in [6.07, 6.45) is 3.30. The number of rotatable bonds is 3. The van der Waals surface area contributed by atoms with Crippen LogP contribution < -0.4 is 5.32 Å². The number of esters is 1. The molecule has 1 rings (SSSR count). The molecule has 0 aliphatic carbocycles. The summed E-state index contributed by atoms with van der Waals surface area (Å²) < 4.78 is 9.92. The molecule has 26 heavy (non-hydrogen) atoms. The maximum Gasteiger partial charge on any atom is 0.410 e. The van der Waals surface area contributed by atoms with E-state index in [1.807, 2.05) is 20.8 Å². The lowest BCUT2D eigenvalue weighted by atomic mass is 9.96. The van der Waals surface area contributed by atoms with Gasteiger partial charge in [0.2, 0.25) is 5.91 Å². The average Bonchev–Trinajstić information content (AvgIpc) is 2.52. The van der Waals surface area contributed by atoms with E-state index in [1.54, 1.807) is 32.6 Å². The van der Waals surface area contributed by atoms with Gasteiger partial charge in [-0.25, -0.2) is 4.79 Å². The highest BCUT2D eigenvalue weighted by atomic mass is 16.6. The molecule has 7 heteroatoms. The van der Waals surface area contributed by atoms with Gasteiger partial charge in [-0.05, 0) is 47.0 Å². The van der Waals surface area contributed by atoms with E-state index in [-0.39, 0.29) is 24.1 Å². The zero-order chi connectivity index (χ0) is 20.4. The quantitative estimate of drug-likeness (QED) is 0.770. The second-order valence-corrected chi connectivity index (χ2v) is 8.27. The van der Waals surface area contributed by atoms with Gasteiger partial charge in [0.25, 0.3) is 0 Å². The van der Waals surface area contributed by atoms with Crippen LogP contribution >= 0.6 is 0 Å². The van der Waals surface area contributed by atoms with E-state index >= 15 is 0 Å². The molecule has 152 valence electrons. The number of nitrogens with one attached hydrogen (secondary N) is 1. The van der Waals surface area contributed by atoms with Gasteiger partial charge in [-0.15, -0.1) is 0 Å². The van der Waals surface area contributed by atoms with E-state index in [1.165, 1.54) is 6.42 Å². The molecule has 0 spiro atoms. The van der Waals surface area contributed by atoms with Crippen molar-refractivity contribution < 1.29 is 23.9 Å². The van der Waals surface area contributed by atoms with E-state index in [0.29, 0.717) is 6.61 Å². The minimum Gasteiger partial charge on any atom is -0.465 e. The Morgan fingerprint density at radius 1 is 0.962 bits per heavy atom. The van der Waals surface area contributed by atoms with Crippen LogP contribution in [0.4, 0.5) is 4.79 Å². The number of hydrogen-bond acceptors (Lipinski definition) is 5. The normalized spacial score (nSPS) is 14.7. The number of amides is 2. The van der Waals surface area contributed by atoms with Gasteiger partial charge < -0.3 is 19.7 Å². The van der Waals surface area contributed by atoms with Gasteiger partial charge in [0.05, 0.1) is 6.61 Å². The molecular formula is C19H36N2O5. The molecule has 1 aliphatic rings. The van der Waals surface area contributed by atoms with Gasteiger partial charge in [-0.3, -0.25) is 9.59 Å². The summed E-state index contributed by atoms with van der Waals surface area (Å²) in [5, 5.41) is 2.49. The van der Waals surface area contributed by atoms with Gasteiger partial charge in [-0.2, -0.15) is 0 Å². The fraction of sp³-hybridized carbons (Fsp3) is 0.842. The van der Waals surface area contributed by atoms with Gasteiger partial charge >= 0.3 is 12.1 Å². The maximum absolute atomic E-state index is 11.5. The molecule has 0 aromatic rings. The van der Waals surface area contributed by atoms with Crippen LogP contribution in [-0.4, -0.2) is 54.7 Å². The number of piperidine rings is 1. The lowest BCUT2D eigenvalue weighted by Gasteiger charge is -2.29. The fourth-order valence-electron chi connectivity index (χ4n) is 2.03. The van der Waals surface area contributed by atoms with Crippen LogP contribution in [0.2, 0.25) is 0 Å². The summed E-state index contributed by atoms with van der Waals surface area (Å²) in [5.74, 6) is -0.555. The molecule has 0 unspecified atom stereocenters. The van der Waals surface area contributed by atoms with Crippen molar-refractivity contribution in [1.82, 2.24) is 10.2 Å². The van der Waals surface area contributed by atoms with Gasteiger partial charge in [0, 0.05) is 18.5 Å². The Hall–Kier alpha value is -1.79. The smallest absolute Gasteiger partial charge is 0.410 e. The number of hydrogen-bond donors (Lipinski definition) is 1. The van der Waals surface area contributed by atoms with Crippen molar-refractivity contribution in [3.8, 4) is 0 Å². The van der Waals surface area contributed by atoms with Crippen molar-refractivity contribution in [3.05, 3.63) is 0 Å². The summed E-state index contributed by atoms with van der Waals surface area (Å²) in [6, 6.07) is 0. The molecule has 0 aromatic heterocycles. The van der Waals surface area contributed by atoms with E-state index in [4.69, 9.17) is 4.74 Å². The van der Waals surface area contributed by atoms with Gasteiger partial charge in [-0.1, -0.05) is 20.8 Å². The average molecular weight is 373 g/mol. The lowest BCUT2D eigenvalue weighted by Crippen LogP contribution is -2.39. The minimum atomic E-state index is -0.466. The van der Waals surface area contributed by atoms with Crippen molar-refractivity contribution in [1.29, 1.82) is 0 Å². The summed E-state index contributed by atoms with van der Waals surface area (Å²) >= 11 is 0. The minimum absolute atomic E-state index is 0.0516. The van der Waals surface area contributed by atoms with E-state index in [9.17, 15) is 14.4 Å². The van der Waals surface area contributed by atoms with E-state index in [2.05, 4.69) is 10.1 Å². The highest BCUT2D eigenvalue weighted by Crippen LogP contribution is 2.14. The van der Waals surface area contributed by atoms with Crippen molar-refractivity contribution in [2.75, 3.05) is 26.2 Å². The van der Waals surface area contributed by atoms with Crippen LogP contribution in [0.25, 0.3) is 0 Å². The molecule has 2 amide bonds. The Bertz CT molecular complexity index is 458. The molecule has 0 bridgehead atoms. The second kappa shape index (κ2) is 11.0. The zero-order valence-corrected chi connectivity index (χ0v) is 17.4. The summed E-state index contributed by atoms with van der Waals surface area (Å²) in [6.45, 7) is 14.8. The summed E-state index contributed by atoms with van der Waals surface area (Å²) in [7, 11) is 0. The lowest BCUT2D eigenvalue weighted by molar-refractivity contribution is -0.144. The molecular weight excluding hydrogens is 336 g/mol. The maximum atomic E-state index is 11.5. The molecule has 1 aliphatic heterocycles. The van der Waals surface area contributed by atoms with Crippen LogP contribution in [0.3, 0.4) is 0 Å². The molecule has 0 aromatic carbocycles. The van der Waals surface area contributed by atoms with E-state index < -0.39 is 11.4 Å². The summed E-state index contributed by atoms with van der Waals surface area (Å²) in [4.78, 5) is 35.4. The first-order chi connectivity index (χ1) is 11.9. The van der Waals surface area contributed by atoms with Crippen molar-refractivity contribution >= 4 is 18.0 Å². The largest absolute Gasteiger partial charge is 0.465 e. The second-order valence-electron chi connectivity index (χ2n) is 8.27. The monoisotopic (exact) mass is 372 g/mol. The third-order valence-corrected chi connectivity index (χ3v) is 3.39. The highest BCUT2D eigenvalue weighted by molar-refractivity contribution is 5.85. The van der Waals surface area contributed by atoms with E-state index in [0.717, 1.165) is 25.9 Å². The Kier molecular flexibility index (Phi) is 10.3. The molecule has 1 N–H and O–H groups in total. The number of carbonyl (C=O) groups excluding carboxylic acids is 3. The summed E-state index contributed by atoms with van der Waals surface area (Å²) in [5.41, 5.74) is -0.832. The fourth-order valence-corrected chi connectivity index (χ4v) is 2.03. The van der Waals surface area contributed by atoms with Crippen molar-refractivity contribution in [2.24, 2.45) is 5.41 Å². The van der Waals surface area contributed by atoms with Crippen molar-refractivity contribution in [3.63, 3.8) is 0 Å². The first kappa shape index (κ1) is 24.2. The third kappa shape index (κ3) is 11.7. The van der Waals surface area contributed by atoms with Crippen LogP contribution in [-0.2, 0) is 19.1 Å². The Labute approximate surface area is 157 Å². The van der Waals surface area contributed by atoms with Crippen LogP contribution in [0.15, 0.2) is 0 Å². The molecule has 1 heterocycles. The van der Waals surface area contributed by atoms with Gasteiger partial charge in [0.1, 0.15) is 12.1 Å². The third-order valence-electron chi connectivity index (χ3n) is 3.39. The first-order valence-electron chi connectivity index (χ1n) is 9.28. The van der Waals surface area contributed by atoms with Crippen molar-refractivity contribution in [2.45, 2.75) is 73.3 Å². The molecule has 0 radical (unpaired) electrons.